The van der Waals surface area contributed by atoms with E-state index in [0.29, 0.717) is 11.4 Å². The summed E-state index contributed by atoms with van der Waals surface area (Å²) in [6, 6.07) is 8.33. The zero-order chi connectivity index (χ0) is 15.5. The molecule has 0 unspecified atom stereocenters. The number of pyridine rings is 1. The first-order valence-electron chi connectivity index (χ1n) is 6.15. The number of ether oxygens (including phenoxy) is 1. The fraction of sp³-hybridized carbons (Fsp3) is 0.214. The van der Waals surface area contributed by atoms with Crippen LogP contribution in [0.5, 0.6) is 5.88 Å². The molecular weight excluding hydrogens is 295 g/mol. The number of hydrogen-bond donors (Lipinski definition) is 0. The normalized spacial score (nSPS) is 11.6. The van der Waals surface area contributed by atoms with E-state index in [1.807, 2.05) is 0 Å². The van der Waals surface area contributed by atoms with Gasteiger partial charge in [-0.3, -0.25) is 0 Å². The van der Waals surface area contributed by atoms with E-state index < -0.39 is 15.8 Å². The molecule has 21 heavy (non-hydrogen) atoms. The van der Waals surface area contributed by atoms with E-state index in [4.69, 9.17) is 4.74 Å². The summed E-state index contributed by atoms with van der Waals surface area (Å²) in [7, 11) is -0.886. The van der Waals surface area contributed by atoms with Crippen molar-refractivity contribution in [2.75, 3.05) is 14.2 Å². The molecule has 1 aromatic heterocycles. The second-order valence-corrected chi connectivity index (χ2v) is 6.44. The molecule has 0 aliphatic carbocycles. The van der Waals surface area contributed by atoms with Crippen LogP contribution in [0.4, 0.5) is 4.39 Å². The van der Waals surface area contributed by atoms with Gasteiger partial charge in [-0.25, -0.2) is 17.8 Å². The molecule has 0 saturated heterocycles. The van der Waals surface area contributed by atoms with Gasteiger partial charge in [0.1, 0.15) is 5.82 Å². The van der Waals surface area contributed by atoms with Gasteiger partial charge >= 0.3 is 0 Å². The number of benzene rings is 1. The van der Waals surface area contributed by atoms with E-state index in [9.17, 15) is 12.8 Å². The molecule has 0 atom stereocenters. The van der Waals surface area contributed by atoms with Gasteiger partial charge < -0.3 is 4.74 Å². The third kappa shape index (κ3) is 3.37. The quantitative estimate of drug-likeness (QED) is 0.848. The molecular formula is C14H15FN2O3S. The molecule has 1 heterocycles. The maximum Gasteiger partial charge on any atom is 0.243 e. The highest BCUT2D eigenvalue weighted by Gasteiger charge is 2.22. The van der Waals surface area contributed by atoms with Crippen LogP contribution in [0, 0.1) is 5.82 Å². The molecule has 2 aromatic rings. The van der Waals surface area contributed by atoms with Crippen molar-refractivity contribution < 1.29 is 17.5 Å². The van der Waals surface area contributed by atoms with E-state index in [1.54, 1.807) is 18.3 Å². The van der Waals surface area contributed by atoms with Crippen LogP contribution in [-0.4, -0.2) is 31.9 Å². The molecule has 1 aromatic carbocycles. The van der Waals surface area contributed by atoms with Crippen LogP contribution < -0.4 is 4.74 Å². The van der Waals surface area contributed by atoms with Crippen LogP contribution >= 0.6 is 0 Å². The summed E-state index contributed by atoms with van der Waals surface area (Å²) in [6.45, 7) is 0.0792. The van der Waals surface area contributed by atoms with Crippen LogP contribution in [0.3, 0.4) is 0 Å². The van der Waals surface area contributed by atoms with Crippen LogP contribution in [0.15, 0.2) is 47.5 Å². The number of methoxy groups -OCH3 is 1. The fourth-order valence-corrected chi connectivity index (χ4v) is 3.04. The average Bonchev–Trinajstić information content (AvgIpc) is 2.47. The van der Waals surface area contributed by atoms with Gasteiger partial charge in [-0.1, -0.05) is 12.1 Å². The van der Waals surface area contributed by atoms with Crippen LogP contribution in [0.25, 0.3) is 0 Å². The summed E-state index contributed by atoms with van der Waals surface area (Å²) >= 11 is 0. The molecule has 112 valence electrons. The Morgan fingerprint density at radius 2 is 2.05 bits per heavy atom. The van der Waals surface area contributed by atoms with Crippen molar-refractivity contribution in [3.8, 4) is 5.88 Å². The summed E-state index contributed by atoms with van der Waals surface area (Å²) in [5, 5.41) is 0. The lowest BCUT2D eigenvalue weighted by Gasteiger charge is -2.18. The largest absolute Gasteiger partial charge is 0.481 e. The van der Waals surface area contributed by atoms with Crippen molar-refractivity contribution >= 4 is 10.0 Å². The predicted molar refractivity (Wildman–Crippen MR) is 75.8 cm³/mol. The Balaban J connectivity index is 2.29. The molecule has 0 bridgehead atoms. The lowest BCUT2D eigenvalue weighted by molar-refractivity contribution is 0.382. The summed E-state index contributed by atoms with van der Waals surface area (Å²) in [5.41, 5.74) is 0.627. The van der Waals surface area contributed by atoms with Crippen molar-refractivity contribution in [2.45, 2.75) is 11.4 Å². The maximum absolute atomic E-state index is 13.2. The van der Waals surface area contributed by atoms with Crippen LogP contribution in [0.2, 0.25) is 0 Å². The van der Waals surface area contributed by atoms with Crippen molar-refractivity contribution in [1.82, 2.24) is 9.29 Å². The summed E-state index contributed by atoms with van der Waals surface area (Å²) in [6.07, 6.45) is 1.56. The van der Waals surface area contributed by atoms with Gasteiger partial charge in [-0.15, -0.1) is 0 Å². The van der Waals surface area contributed by atoms with E-state index in [1.165, 1.54) is 32.4 Å². The molecule has 0 radical (unpaired) electrons. The standard InChI is InChI=1S/C14H15FN2O3S/c1-17(10-11-5-4-8-16-14(11)20-2)21(18,19)13-7-3-6-12(15)9-13/h3-9H,10H2,1-2H3. The van der Waals surface area contributed by atoms with E-state index in [2.05, 4.69) is 4.98 Å². The summed E-state index contributed by atoms with van der Waals surface area (Å²) in [5.74, 6) is -0.234. The molecule has 0 aliphatic rings. The molecule has 0 amide bonds. The molecule has 0 aliphatic heterocycles. The summed E-state index contributed by atoms with van der Waals surface area (Å²) < 4.78 is 44.2. The van der Waals surface area contributed by atoms with Gasteiger partial charge in [0.15, 0.2) is 0 Å². The minimum atomic E-state index is -3.77. The molecule has 7 heteroatoms. The van der Waals surface area contributed by atoms with Crippen LogP contribution in [0.1, 0.15) is 5.56 Å². The Bertz CT molecular complexity index is 735. The number of nitrogens with zero attached hydrogens (tertiary/aromatic N) is 2. The maximum atomic E-state index is 13.2. The number of halogens is 1. The molecule has 2 rings (SSSR count). The van der Waals surface area contributed by atoms with Gasteiger partial charge in [0.05, 0.1) is 12.0 Å². The molecule has 0 N–H and O–H groups in total. The Morgan fingerprint density at radius 3 is 2.71 bits per heavy atom. The monoisotopic (exact) mass is 310 g/mol. The Hall–Kier alpha value is -1.99. The Morgan fingerprint density at radius 1 is 1.29 bits per heavy atom. The van der Waals surface area contributed by atoms with Gasteiger partial charge in [-0.05, 0) is 24.3 Å². The third-order valence-corrected chi connectivity index (χ3v) is 4.74. The minimum absolute atomic E-state index is 0.0792. The zero-order valence-electron chi connectivity index (χ0n) is 11.7. The molecule has 0 fully saturated rings. The van der Waals surface area contributed by atoms with Crippen molar-refractivity contribution in [3.63, 3.8) is 0 Å². The highest BCUT2D eigenvalue weighted by molar-refractivity contribution is 7.89. The lowest BCUT2D eigenvalue weighted by atomic mass is 10.3. The number of sulfonamides is 1. The number of aromatic nitrogens is 1. The highest BCUT2D eigenvalue weighted by atomic mass is 32.2. The Labute approximate surface area is 123 Å². The molecule has 5 nitrogen and oxygen atoms in total. The highest BCUT2D eigenvalue weighted by Crippen LogP contribution is 2.21. The van der Waals surface area contributed by atoms with E-state index in [-0.39, 0.29) is 11.4 Å². The third-order valence-electron chi connectivity index (χ3n) is 2.94. The average molecular weight is 310 g/mol. The van der Waals surface area contributed by atoms with E-state index in [0.717, 1.165) is 10.4 Å². The SMILES string of the molecule is COc1ncccc1CN(C)S(=O)(=O)c1cccc(F)c1. The van der Waals surface area contributed by atoms with Crippen molar-refractivity contribution in [3.05, 3.63) is 54.0 Å². The van der Waals surface area contributed by atoms with Gasteiger partial charge in [0, 0.05) is 25.4 Å². The van der Waals surface area contributed by atoms with Crippen molar-refractivity contribution in [1.29, 1.82) is 0 Å². The second kappa shape index (κ2) is 6.19. The smallest absolute Gasteiger partial charge is 0.243 e. The lowest BCUT2D eigenvalue weighted by Crippen LogP contribution is -2.26. The van der Waals surface area contributed by atoms with Gasteiger partial charge in [-0.2, -0.15) is 4.31 Å². The fourth-order valence-electron chi connectivity index (χ4n) is 1.86. The van der Waals surface area contributed by atoms with Crippen molar-refractivity contribution in [2.24, 2.45) is 0 Å². The topological polar surface area (TPSA) is 59.5 Å². The summed E-state index contributed by atoms with van der Waals surface area (Å²) in [4.78, 5) is 3.93. The predicted octanol–water partition coefficient (Wildman–Crippen LogP) is 2.05. The first kappa shape index (κ1) is 15.4. The minimum Gasteiger partial charge on any atom is -0.481 e. The first-order valence-corrected chi connectivity index (χ1v) is 7.59. The molecule has 0 saturated carbocycles. The van der Waals surface area contributed by atoms with E-state index >= 15 is 0 Å². The first-order chi connectivity index (χ1) is 9.95. The number of hydrogen-bond acceptors (Lipinski definition) is 4. The Kier molecular flexibility index (Phi) is 4.54. The van der Waals surface area contributed by atoms with Gasteiger partial charge in [0.25, 0.3) is 0 Å². The number of rotatable bonds is 5. The van der Waals surface area contributed by atoms with Crippen LogP contribution in [-0.2, 0) is 16.6 Å². The molecule has 0 spiro atoms. The second-order valence-electron chi connectivity index (χ2n) is 4.39. The van der Waals surface area contributed by atoms with Gasteiger partial charge in [0.2, 0.25) is 15.9 Å². The zero-order valence-corrected chi connectivity index (χ0v) is 12.5.